The number of rotatable bonds is 3. The smallest absolute Gasteiger partial charge is 0.220 e. The number of nitrogen functional groups attached to an aromatic ring is 1. The number of thiophene rings is 1. The minimum Gasteiger partial charge on any atom is -0.368 e. The van der Waals surface area contributed by atoms with Crippen LogP contribution in [-0.2, 0) is 0 Å². The van der Waals surface area contributed by atoms with E-state index in [9.17, 15) is 5.26 Å². The van der Waals surface area contributed by atoms with Gasteiger partial charge in [0, 0.05) is 15.3 Å². The van der Waals surface area contributed by atoms with Crippen LogP contribution in [0.3, 0.4) is 0 Å². The Balaban J connectivity index is 2.06. The predicted octanol–water partition coefficient (Wildman–Crippen LogP) is 4.02. The van der Waals surface area contributed by atoms with E-state index in [0.717, 1.165) is 30.0 Å². The number of anilines is 1. The first-order valence-corrected chi connectivity index (χ1v) is 9.76. The SMILES string of the molecule is Cc1ccc(-c2c(-c3nnc[nH]3)sc(-c3ccnc(N)n3)c2C#N)c(I)c1. The van der Waals surface area contributed by atoms with Gasteiger partial charge in [0.15, 0.2) is 5.82 Å². The van der Waals surface area contributed by atoms with Crippen LogP contribution in [0.4, 0.5) is 5.95 Å². The molecule has 1 aromatic carbocycles. The van der Waals surface area contributed by atoms with Gasteiger partial charge in [-0.05, 0) is 47.2 Å². The summed E-state index contributed by atoms with van der Waals surface area (Å²) in [4.78, 5) is 12.8. The lowest BCUT2D eigenvalue weighted by Gasteiger charge is -2.07. The van der Waals surface area contributed by atoms with Crippen molar-refractivity contribution in [1.82, 2.24) is 25.1 Å². The van der Waals surface area contributed by atoms with Crippen molar-refractivity contribution in [2.75, 3.05) is 5.73 Å². The number of benzene rings is 1. The van der Waals surface area contributed by atoms with E-state index in [1.165, 1.54) is 17.7 Å². The highest BCUT2D eigenvalue weighted by Gasteiger charge is 2.25. The summed E-state index contributed by atoms with van der Waals surface area (Å²) >= 11 is 3.72. The summed E-state index contributed by atoms with van der Waals surface area (Å²) in [5, 5.41) is 18.0. The Morgan fingerprint density at radius 3 is 2.78 bits per heavy atom. The van der Waals surface area contributed by atoms with E-state index in [1.807, 2.05) is 19.1 Å². The molecule has 0 aliphatic carbocycles. The van der Waals surface area contributed by atoms with E-state index < -0.39 is 0 Å². The van der Waals surface area contributed by atoms with Crippen molar-refractivity contribution in [1.29, 1.82) is 5.26 Å². The summed E-state index contributed by atoms with van der Waals surface area (Å²) in [6.45, 7) is 2.04. The number of hydrogen-bond acceptors (Lipinski definition) is 7. The van der Waals surface area contributed by atoms with E-state index in [-0.39, 0.29) is 5.95 Å². The molecule has 0 fully saturated rings. The van der Waals surface area contributed by atoms with Crippen LogP contribution >= 0.6 is 33.9 Å². The quantitative estimate of drug-likeness (QED) is 0.424. The number of hydrogen-bond donors (Lipinski definition) is 2. The number of H-pyrrole nitrogens is 1. The van der Waals surface area contributed by atoms with Crippen LogP contribution in [0.1, 0.15) is 11.1 Å². The first kappa shape index (κ1) is 17.6. The van der Waals surface area contributed by atoms with Gasteiger partial charge in [0.2, 0.25) is 5.95 Å². The summed E-state index contributed by atoms with van der Waals surface area (Å²) in [6, 6.07) is 10.2. The van der Waals surface area contributed by atoms with Crippen LogP contribution in [0.5, 0.6) is 0 Å². The molecule has 3 N–H and O–H groups in total. The van der Waals surface area contributed by atoms with Gasteiger partial charge < -0.3 is 10.7 Å². The van der Waals surface area contributed by atoms with Crippen molar-refractivity contribution >= 4 is 39.9 Å². The van der Waals surface area contributed by atoms with Gasteiger partial charge in [-0.15, -0.1) is 21.5 Å². The molecule has 0 bridgehead atoms. The fourth-order valence-corrected chi connectivity index (χ4v) is 4.90. The second-order valence-electron chi connectivity index (χ2n) is 5.74. The van der Waals surface area contributed by atoms with Crippen LogP contribution in [0, 0.1) is 21.8 Å². The van der Waals surface area contributed by atoms with Gasteiger partial charge in [0.25, 0.3) is 0 Å². The number of aryl methyl sites for hydroxylation is 1. The van der Waals surface area contributed by atoms with E-state index in [2.05, 4.69) is 59.9 Å². The average Bonchev–Trinajstić information content (AvgIpc) is 3.29. The van der Waals surface area contributed by atoms with Crippen LogP contribution in [0.15, 0.2) is 36.8 Å². The van der Waals surface area contributed by atoms with E-state index in [4.69, 9.17) is 5.73 Å². The van der Waals surface area contributed by atoms with Crippen molar-refractivity contribution in [3.05, 3.63) is 51.5 Å². The maximum Gasteiger partial charge on any atom is 0.220 e. The summed E-state index contributed by atoms with van der Waals surface area (Å²) in [5.41, 5.74) is 9.83. The highest BCUT2D eigenvalue weighted by Crippen LogP contribution is 2.46. The summed E-state index contributed by atoms with van der Waals surface area (Å²) in [7, 11) is 0. The molecule has 9 heteroatoms. The number of nitriles is 1. The number of halogens is 1. The molecule has 3 aromatic heterocycles. The zero-order valence-corrected chi connectivity index (χ0v) is 17.0. The van der Waals surface area contributed by atoms with Crippen LogP contribution < -0.4 is 5.73 Å². The minimum absolute atomic E-state index is 0.164. The van der Waals surface area contributed by atoms with Gasteiger partial charge in [-0.1, -0.05) is 17.7 Å². The molecule has 0 aliphatic heterocycles. The van der Waals surface area contributed by atoms with Crippen molar-refractivity contribution in [3.63, 3.8) is 0 Å². The van der Waals surface area contributed by atoms with E-state index >= 15 is 0 Å². The molecule has 0 amide bonds. The lowest BCUT2D eigenvalue weighted by molar-refractivity contribution is 1.10. The molecule has 27 heavy (non-hydrogen) atoms. The van der Waals surface area contributed by atoms with Crippen molar-refractivity contribution in [2.45, 2.75) is 6.92 Å². The molecule has 4 aromatic rings. The second-order valence-corrected chi connectivity index (χ2v) is 7.93. The molecule has 0 radical (unpaired) electrons. The average molecular weight is 485 g/mol. The number of aromatic nitrogens is 5. The zero-order valence-electron chi connectivity index (χ0n) is 14.1. The zero-order chi connectivity index (χ0) is 19.0. The van der Waals surface area contributed by atoms with Crippen LogP contribution in [0.2, 0.25) is 0 Å². The topological polar surface area (TPSA) is 117 Å². The monoisotopic (exact) mass is 485 g/mol. The Morgan fingerprint density at radius 2 is 2.11 bits per heavy atom. The molecule has 7 nitrogen and oxygen atoms in total. The third-order valence-corrected chi connectivity index (χ3v) is 6.06. The Hall–Kier alpha value is -2.84. The van der Waals surface area contributed by atoms with Crippen molar-refractivity contribution < 1.29 is 0 Å². The summed E-state index contributed by atoms with van der Waals surface area (Å²) in [6.07, 6.45) is 3.11. The maximum atomic E-state index is 9.98. The molecule has 0 spiro atoms. The molecular weight excluding hydrogens is 473 g/mol. The Kier molecular flexibility index (Phi) is 4.59. The predicted molar refractivity (Wildman–Crippen MR) is 113 cm³/mol. The molecule has 0 saturated carbocycles. The van der Waals surface area contributed by atoms with Gasteiger partial charge in [-0.3, -0.25) is 0 Å². The fourth-order valence-electron chi connectivity index (χ4n) is 2.78. The lowest BCUT2D eigenvalue weighted by Crippen LogP contribution is -1.95. The van der Waals surface area contributed by atoms with Crippen LogP contribution in [-0.4, -0.2) is 25.1 Å². The Labute approximate surface area is 172 Å². The standard InChI is InChI=1S/C18H12IN7S/c1-9-2-3-10(12(19)6-9)14-11(7-20)15(13-4-5-22-18(21)25-13)27-16(14)17-23-8-24-26-17/h2-6,8H,1H3,(H2,21,22,25)(H,23,24,26). The number of aromatic amines is 1. The molecule has 0 aliphatic rings. The largest absolute Gasteiger partial charge is 0.368 e. The van der Waals surface area contributed by atoms with E-state index in [1.54, 1.807) is 12.3 Å². The number of nitrogens with zero attached hydrogens (tertiary/aromatic N) is 5. The third kappa shape index (κ3) is 3.17. The van der Waals surface area contributed by atoms with Gasteiger partial charge in [-0.25, -0.2) is 9.97 Å². The van der Waals surface area contributed by atoms with Gasteiger partial charge in [-0.2, -0.15) is 5.26 Å². The highest BCUT2D eigenvalue weighted by atomic mass is 127. The molecule has 132 valence electrons. The molecule has 0 saturated heterocycles. The minimum atomic E-state index is 0.164. The molecule has 0 atom stereocenters. The number of nitrogens with one attached hydrogen (secondary N) is 1. The van der Waals surface area contributed by atoms with Crippen molar-refractivity contribution in [3.8, 4) is 38.5 Å². The van der Waals surface area contributed by atoms with Gasteiger partial charge in [0.05, 0.1) is 21.0 Å². The van der Waals surface area contributed by atoms with Gasteiger partial charge in [0.1, 0.15) is 12.4 Å². The molecular formula is C18H12IN7S. The van der Waals surface area contributed by atoms with Crippen molar-refractivity contribution in [2.24, 2.45) is 0 Å². The first-order valence-electron chi connectivity index (χ1n) is 7.87. The summed E-state index contributed by atoms with van der Waals surface area (Å²) < 4.78 is 1.05. The summed E-state index contributed by atoms with van der Waals surface area (Å²) in [5.74, 6) is 0.772. The van der Waals surface area contributed by atoms with Crippen LogP contribution in [0.25, 0.3) is 32.4 Å². The van der Waals surface area contributed by atoms with Gasteiger partial charge >= 0.3 is 0 Å². The normalized spacial score (nSPS) is 10.7. The molecule has 0 unspecified atom stereocenters. The lowest BCUT2D eigenvalue weighted by atomic mass is 9.98. The second kappa shape index (κ2) is 7.05. The molecule has 3 heterocycles. The first-order chi connectivity index (χ1) is 13.1. The maximum absolute atomic E-state index is 9.98. The number of nitrogens with two attached hydrogens (primary N) is 1. The Morgan fingerprint density at radius 1 is 1.26 bits per heavy atom. The Bertz CT molecular complexity index is 1180. The molecule has 4 rings (SSSR count). The highest BCUT2D eigenvalue weighted by molar-refractivity contribution is 14.1. The van der Waals surface area contributed by atoms with E-state index in [0.29, 0.717) is 17.1 Å². The third-order valence-electron chi connectivity index (χ3n) is 3.95. The fraction of sp³-hybridized carbons (Fsp3) is 0.0556.